The van der Waals surface area contributed by atoms with Gasteiger partial charge in [0.2, 0.25) is 0 Å². The Morgan fingerprint density at radius 3 is 2.74 bits per heavy atom. The summed E-state index contributed by atoms with van der Waals surface area (Å²) in [6.07, 6.45) is 2.53. The third-order valence-corrected chi connectivity index (χ3v) is 3.80. The summed E-state index contributed by atoms with van der Waals surface area (Å²) in [5, 5.41) is 0. The average Bonchev–Trinajstić information content (AvgIpc) is 2.46. The minimum Gasteiger partial charge on any atom is -0.381 e. The van der Waals surface area contributed by atoms with Crippen molar-refractivity contribution in [3.8, 4) is 0 Å². The van der Waals surface area contributed by atoms with E-state index in [-0.39, 0.29) is 11.2 Å². The lowest BCUT2D eigenvalue weighted by molar-refractivity contribution is -0.120. The highest BCUT2D eigenvalue weighted by Crippen LogP contribution is 2.31. The van der Waals surface area contributed by atoms with Crippen LogP contribution < -0.4 is 4.90 Å². The van der Waals surface area contributed by atoms with Gasteiger partial charge in [-0.05, 0) is 38.0 Å². The summed E-state index contributed by atoms with van der Waals surface area (Å²) in [5.74, 6) is -0.247. The average molecular weight is 265 g/mol. The Kier molecular flexibility index (Phi) is 4.53. The van der Waals surface area contributed by atoms with Gasteiger partial charge in [0.15, 0.2) is 0 Å². The van der Waals surface area contributed by atoms with Crippen molar-refractivity contribution >= 4 is 12.0 Å². The van der Waals surface area contributed by atoms with Crippen molar-refractivity contribution in [2.24, 2.45) is 5.41 Å². The van der Waals surface area contributed by atoms with E-state index in [4.69, 9.17) is 4.74 Å². The van der Waals surface area contributed by atoms with Crippen LogP contribution in [-0.2, 0) is 9.53 Å². The summed E-state index contributed by atoms with van der Waals surface area (Å²) >= 11 is 0. The summed E-state index contributed by atoms with van der Waals surface area (Å²) in [7, 11) is 0. The largest absolute Gasteiger partial charge is 0.381 e. The van der Waals surface area contributed by atoms with Crippen molar-refractivity contribution in [1.82, 2.24) is 0 Å². The second kappa shape index (κ2) is 6.15. The summed E-state index contributed by atoms with van der Waals surface area (Å²) in [4.78, 5) is 13.5. The minimum atomic E-state index is -0.361. The first-order valence-corrected chi connectivity index (χ1v) is 6.74. The zero-order valence-electron chi connectivity index (χ0n) is 11.3. The molecule has 0 amide bonds. The van der Waals surface area contributed by atoms with Gasteiger partial charge in [-0.3, -0.25) is 0 Å². The maximum atomic E-state index is 13.3. The second-order valence-corrected chi connectivity index (χ2v) is 5.09. The van der Waals surface area contributed by atoms with Gasteiger partial charge in [0, 0.05) is 37.4 Å². The highest BCUT2D eigenvalue weighted by Gasteiger charge is 2.34. The SMILES string of the molecule is CCN(CC1(C=O)CCOCC1)c1cccc(F)c1. The molecule has 0 N–H and O–H groups in total. The van der Waals surface area contributed by atoms with Gasteiger partial charge in [0.05, 0.1) is 0 Å². The number of carbonyl (C=O) groups excluding carboxylic acids is 1. The minimum absolute atomic E-state index is 0.247. The first-order chi connectivity index (χ1) is 9.19. The van der Waals surface area contributed by atoms with Crippen molar-refractivity contribution in [3.05, 3.63) is 30.1 Å². The van der Waals surface area contributed by atoms with Crippen molar-refractivity contribution in [3.63, 3.8) is 0 Å². The molecule has 1 aliphatic rings. The van der Waals surface area contributed by atoms with E-state index in [9.17, 15) is 9.18 Å². The lowest BCUT2D eigenvalue weighted by Crippen LogP contribution is -2.42. The van der Waals surface area contributed by atoms with Gasteiger partial charge < -0.3 is 14.4 Å². The zero-order chi connectivity index (χ0) is 13.7. The monoisotopic (exact) mass is 265 g/mol. The molecule has 4 heteroatoms. The van der Waals surface area contributed by atoms with Gasteiger partial charge in [-0.2, -0.15) is 0 Å². The van der Waals surface area contributed by atoms with Crippen LogP contribution in [0.3, 0.4) is 0 Å². The predicted octanol–water partition coefficient (Wildman–Crippen LogP) is 2.65. The fourth-order valence-corrected chi connectivity index (χ4v) is 2.53. The van der Waals surface area contributed by atoms with E-state index < -0.39 is 0 Å². The standard InChI is InChI=1S/C15H20FNO2/c1-2-17(14-5-3-4-13(16)10-14)11-15(12-18)6-8-19-9-7-15/h3-5,10,12H,2,6-9,11H2,1H3. The molecule has 0 bridgehead atoms. The highest BCUT2D eigenvalue weighted by molar-refractivity contribution is 5.62. The molecule has 1 fully saturated rings. The Morgan fingerprint density at radius 2 is 2.16 bits per heavy atom. The predicted molar refractivity (Wildman–Crippen MR) is 72.8 cm³/mol. The van der Waals surface area contributed by atoms with Gasteiger partial charge in [-0.25, -0.2) is 4.39 Å². The lowest BCUT2D eigenvalue weighted by Gasteiger charge is -2.37. The molecule has 1 aliphatic heterocycles. The number of benzene rings is 1. The van der Waals surface area contributed by atoms with Crippen LogP contribution in [0.25, 0.3) is 0 Å². The number of anilines is 1. The molecule has 19 heavy (non-hydrogen) atoms. The Bertz CT molecular complexity index is 430. The maximum Gasteiger partial charge on any atom is 0.128 e. The second-order valence-electron chi connectivity index (χ2n) is 5.09. The molecule has 0 saturated carbocycles. The van der Waals surface area contributed by atoms with Crippen LogP contribution in [-0.4, -0.2) is 32.6 Å². The van der Waals surface area contributed by atoms with Crippen molar-refractivity contribution in [2.75, 3.05) is 31.2 Å². The van der Waals surface area contributed by atoms with Crippen LogP contribution in [0.4, 0.5) is 10.1 Å². The normalized spacial score (nSPS) is 18.0. The van der Waals surface area contributed by atoms with Crippen LogP contribution >= 0.6 is 0 Å². The van der Waals surface area contributed by atoms with Crippen LogP contribution in [0, 0.1) is 11.2 Å². The van der Waals surface area contributed by atoms with Gasteiger partial charge in [0.1, 0.15) is 12.1 Å². The molecule has 2 rings (SSSR count). The van der Waals surface area contributed by atoms with Crippen molar-refractivity contribution < 1.29 is 13.9 Å². The number of hydrogen-bond donors (Lipinski definition) is 0. The molecule has 104 valence electrons. The Labute approximate surface area is 113 Å². The van der Waals surface area contributed by atoms with Gasteiger partial charge in [-0.1, -0.05) is 6.07 Å². The first kappa shape index (κ1) is 14.0. The number of rotatable bonds is 5. The van der Waals surface area contributed by atoms with Crippen LogP contribution in [0.15, 0.2) is 24.3 Å². The maximum absolute atomic E-state index is 13.3. The van der Waals surface area contributed by atoms with Crippen LogP contribution in [0.1, 0.15) is 19.8 Å². The van der Waals surface area contributed by atoms with Crippen molar-refractivity contribution in [1.29, 1.82) is 0 Å². The molecule has 0 radical (unpaired) electrons. The number of nitrogens with zero attached hydrogens (tertiary/aromatic N) is 1. The molecule has 1 saturated heterocycles. The van der Waals surface area contributed by atoms with Crippen LogP contribution in [0.5, 0.6) is 0 Å². The van der Waals surface area contributed by atoms with E-state index >= 15 is 0 Å². The Balaban J connectivity index is 2.15. The van der Waals surface area contributed by atoms with Gasteiger partial charge in [-0.15, -0.1) is 0 Å². The zero-order valence-corrected chi connectivity index (χ0v) is 11.3. The lowest BCUT2D eigenvalue weighted by atomic mass is 9.81. The number of halogens is 1. The molecule has 0 aromatic heterocycles. The van der Waals surface area contributed by atoms with Crippen molar-refractivity contribution in [2.45, 2.75) is 19.8 Å². The number of ether oxygens (including phenoxy) is 1. The molecule has 0 aliphatic carbocycles. The van der Waals surface area contributed by atoms with Crippen LogP contribution in [0.2, 0.25) is 0 Å². The van der Waals surface area contributed by atoms with Gasteiger partial charge >= 0.3 is 0 Å². The molecule has 1 aromatic rings. The Morgan fingerprint density at radius 1 is 1.42 bits per heavy atom. The molecule has 0 unspecified atom stereocenters. The van der Waals surface area contributed by atoms with E-state index in [2.05, 4.69) is 4.90 Å². The molecule has 3 nitrogen and oxygen atoms in total. The van der Waals surface area contributed by atoms with E-state index in [1.54, 1.807) is 6.07 Å². The molecular weight excluding hydrogens is 245 g/mol. The molecule has 1 heterocycles. The Hall–Kier alpha value is -1.42. The third kappa shape index (κ3) is 3.32. The van der Waals surface area contributed by atoms with E-state index in [1.165, 1.54) is 12.1 Å². The highest BCUT2D eigenvalue weighted by atomic mass is 19.1. The summed E-state index contributed by atoms with van der Waals surface area (Å²) < 4.78 is 18.6. The number of carbonyl (C=O) groups is 1. The van der Waals surface area contributed by atoms with Gasteiger partial charge in [0.25, 0.3) is 0 Å². The first-order valence-electron chi connectivity index (χ1n) is 6.74. The molecule has 1 aromatic carbocycles. The number of hydrogen-bond acceptors (Lipinski definition) is 3. The summed E-state index contributed by atoms with van der Waals surface area (Å²) in [6, 6.07) is 6.53. The fourth-order valence-electron chi connectivity index (χ4n) is 2.53. The number of aldehydes is 1. The van der Waals surface area contributed by atoms with E-state index in [1.807, 2.05) is 13.0 Å². The third-order valence-electron chi connectivity index (χ3n) is 3.80. The molecule has 0 spiro atoms. The molecule has 0 atom stereocenters. The van der Waals surface area contributed by atoms with E-state index in [0.717, 1.165) is 31.4 Å². The fraction of sp³-hybridized carbons (Fsp3) is 0.533. The smallest absolute Gasteiger partial charge is 0.128 e. The van der Waals surface area contributed by atoms with E-state index in [0.29, 0.717) is 19.8 Å². The topological polar surface area (TPSA) is 29.5 Å². The quantitative estimate of drug-likeness (QED) is 0.767. The molecular formula is C15H20FNO2. The summed E-state index contributed by atoms with van der Waals surface area (Å²) in [5.41, 5.74) is 0.468. The summed E-state index contributed by atoms with van der Waals surface area (Å²) in [6.45, 7) is 4.64.